The lowest BCUT2D eigenvalue weighted by atomic mass is 9.87. The van der Waals surface area contributed by atoms with Gasteiger partial charge in [0.1, 0.15) is 5.76 Å². The van der Waals surface area contributed by atoms with Gasteiger partial charge in [0.15, 0.2) is 0 Å². The number of thioether (sulfide) groups is 1. The zero-order valence-corrected chi connectivity index (χ0v) is 24.5. The zero-order valence-electron chi connectivity index (χ0n) is 22.1. The molecule has 7 rings (SSSR count). The number of para-hydroxylation sites is 1. The molecule has 0 unspecified atom stereocenters. The highest BCUT2D eigenvalue weighted by Gasteiger charge is 2.54. The number of anilines is 1. The van der Waals surface area contributed by atoms with E-state index in [2.05, 4.69) is 52.3 Å². The first kappa shape index (κ1) is 25.9. The molecular weight excluding hydrogens is 590 g/mol. The summed E-state index contributed by atoms with van der Waals surface area (Å²) < 4.78 is 8.41. The van der Waals surface area contributed by atoms with Crippen molar-refractivity contribution < 1.29 is 9.53 Å². The largest absolute Gasteiger partial charge is 0.462 e. The quantitative estimate of drug-likeness (QED) is 0.202. The van der Waals surface area contributed by atoms with Gasteiger partial charge in [-0.25, -0.2) is 0 Å². The number of hydrogen-bond donors (Lipinski definition) is 0. The van der Waals surface area contributed by atoms with Gasteiger partial charge in [-0.2, -0.15) is 0 Å². The van der Waals surface area contributed by atoms with Gasteiger partial charge in [-0.1, -0.05) is 137 Å². The maximum atomic E-state index is 15.1. The molecule has 2 heterocycles. The monoisotopic (exact) mass is 615 g/mol. The highest BCUT2D eigenvalue weighted by molar-refractivity contribution is 9.10. The Labute approximate surface area is 252 Å². The molecule has 5 aromatic carbocycles. The summed E-state index contributed by atoms with van der Waals surface area (Å²) >= 11 is 5.59. The summed E-state index contributed by atoms with van der Waals surface area (Å²) in [6.45, 7) is 0. The minimum atomic E-state index is -1.10. The number of benzene rings is 5. The lowest BCUT2D eigenvalue weighted by Gasteiger charge is -2.48. The van der Waals surface area contributed by atoms with Crippen LogP contribution >= 0.6 is 27.7 Å². The predicted octanol–water partition coefficient (Wildman–Crippen LogP) is 9.47. The molecular formula is C36H26BrNO2S. The van der Waals surface area contributed by atoms with Crippen LogP contribution in [0.2, 0.25) is 0 Å². The van der Waals surface area contributed by atoms with E-state index >= 15 is 4.79 Å². The third-order valence-corrected chi connectivity index (χ3v) is 9.72. The number of carbonyl (C=O) groups is 1. The SMILES string of the molecule is O=C1C(c2ccccc2)=C(c2ccccc2)O[C@@]2(c3ccccc3)C[C@@H](c3ccccc3Br)Sc3ccccc3N12. The van der Waals surface area contributed by atoms with Crippen LogP contribution in [0.3, 0.4) is 0 Å². The van der Waals surface area contributed by atoms with Crippen molar-refractivity contribution in [2.24, 2.45) is 0 Å². The number of ether oxygens (including phenoxy) is 1. The minimum Gasteiger partial charge on any atom is -0.462 e. The van der Waals surface area contributed by atoms with Gasteiger partial charge < -0.3 is 4.74 Å². The Balaban J connectivity index is 1.55. The average Bonchev–Trinajstić information content (AvgIpc) is 3.18. The second kappa shape index (κ2) is 10.7. The van der Waals surface area contributed by atoms with Crippen LogP contribution in [0.4, 0.5) is 5.69 Å². The lowest BCUT2D eigenvalue weighted by Crippen LogP contribution is -2.55. The van der Waals surface area contributed by atoms with Gasteiger partial charge >= 0.3 is 0 Å². The molecule has 0 spiro atoms. The molecule has 5 heteroatoms. The fraction of sp³-hybridized carbons (Fsp3) is 0.0833. The summed E-state index contributed by atoms with van der Waals surface area (Å²) in [7, 11) is 0. The third-order valence-electron chi connectivity index (χ3n) is 7.69. The molecule has 0 fully saturated rings. The summed E-state index contributed by atoms with van der Waals surface area (Å²) in [4.78, 5) is 18.1. The standard InChI is InChI=1S/C36H26BrNO2S/c37-29-21-11-10-20-28(29)32-24-36(27-18-8-3-9-19-27)38(30-22-12-13-23-31(30)41-32)35(39)33(25-14-4-1-5-15-25)34(40-36)26-16-6-2-7-17-26/h1-23,32H,24H2/t32-,36+/m0/s1. The molecule has 0 aliphatic carbocycles. The van der Waals surface area contributed by atoms with Gasteiger partial charge in [-0.15, -0.1) is 11.8 Å². The van der Waals surface area contributed by atoms with Gasteiger partial charge in [0.2, 0.25) is 5.72 Å². The van der Waals surface area contributed by atoms with Crippen LogP contribution in [0.25, 0.3) is 11.3 Å². The van der Waals surface area contributed by atoms with Crippen molar-refractivity contribution >= 4 is 50.6 Å². The minimum absolute atomic E-state index is 0.0000276. The van der Waals surface area contributed by atoms with Crippen molar-refractivity contribution in [2.75, 3.05) is 4.90 Å². The van der Waals surface area contributed by atoms with Crippen molar-refractivity contribution in [3.63, 3.8) is 0 Å². The van der Waals surface area contributed by atoms with Gasteiger partial charge in [0.25, 0.3) is 5.91 Å². The molecule has 41 heavy (non-hydrogen) atoms. The molecule has 5 aromatic rings. The van der Waals surface area contributed by atoms with Gasteiger partial charge in [0, 0.05) is 32.2 Å². The maximum Gasteiger partial charge on any atom is 0.266 e. The summed E-state index contributed by atoms with van der Waals surface area (Å²) in [5.41, 5.74) is 4.11. The van der Waals surface area contributed by atoms with E-state index in [1.54, 1.807) is 11.8 Å². The van der Waals surface area contributed by atoms with E-state index in [-0.39, 0.29) is 11.2 Å². The molecule has 0 radical (unpaired) electrons. The van der Waals surface area contributed by atoms with Crippen molar-refractivity contribution in [1.29, 1.82) is 0 Å². The van der Waals surface area contributed by atoms with Crippen LogP contribution in [0.5, 0.6) is 0 Å². The van der Waals surface area contributed by atoms with Gasteiger partial charge in [-0.05, 0) is 29.3 Å². The molecule has 1 amide bonds. The molecule has 200 valence electrons. The van der Waals surface area contributed by atoms with E-state index in [4.69, 9.17) is 4.74 Å². The first-order chi connectivity index (χ1) is 20.2. The molecule has 0 saturated carbocycles. The highest BCUT2D eigenvalue weighted by atomic mass is 79.9. The van der Waals surface area contributed by atoms with Crippen molar-refractivity contribution in [2.45, 2.75) is 22.3 Å². The summed E-state index contributed by atoms with van der Waals surface area (Å²) in [6.07, 6.45) is 0.545. The Morgan fingerprint density at radius 3 is 2.00 bits per heavy atom. The second-order valence-corrected chi connectivity index (χ2v) is 12.2. The number of amides is 1. The average molecular weight is 617 g/mol. The Morgan fingerprint density at radius 1 is 0.707 bits per heavy atom. The Hall–Kier alpha value is -4.06. The highest BCUT2D eigenvalue weighted by Crippen LogP contribution is 2.58. The van der Waals surface area contributed by atoms with Gasteiger partial charge in [0.05, 0.1) is 11.3 Å². The van der Waals surface area contributed by atoms with E-state index in [1.165, 1.54) is 5.56 Å². The van der Waals surface area contributed by atoms with Crippen molar-refractivity contribution in [1.82, 2.24) is 0 Å². The Morgan fingerprint density at radius 2 is 1.29 bits per heavy atom. The smallest absolute Gasteiger partial charge is 0.266 e. The summed E-state index contributed by atoms with van der Waals surface area (Å²) in [5, 5.41) is 0.0000276. The van der Waals surface area contributed by atoms with E-state index in [1.807, 2.05) is 108 Å². The van der Waals surface area contributed by atoms with Crippen LogP contribution in [0.15, 0.2) is 149 Å². The molecule has 0 bridgehead atoms. The summed E-state index contributed by atoms with van der Waals surface area (Å²) in [6, 6.07) is 46.6. The topological polar surface area (TPSA) is 29.5 Å². The molecule has 2 aliphatic rings. The maximum absolute atomic E-state index is 15.1. The fourth-order valence-corrected chi connectivity index (χ4v) is 7.93. The number of hydrogen-bond acceptors (Lipinski definition) is 3. The normalized spacial score (nSPS) is 20.1. The van der Waals surface area contributed by atoms with Crippen LogP contribution in [0, 0.1) is 0 Å². The van der Waals surface area contributed by atoms with E-state index in [0.29, 0.717) is 17.8 Å². The second-order valence-electron chi connectivity index (χ2n) is 10.1. The van der Waals surface area contributed by atoms with Crippen LogP contribution < -0.4 is 4.90 Å². The van der Waals surface area contributed by atoms with E-state index in [0.717, 1.165) is 31.7 Å². The summed E-state index contributed by atoms with van der Waals surface area (Å²) in [5.74, 6) is 0.517. The van der Waals surface area contributed by atoms with Crippen LogP contribution in [-0.4, -0.2) is 5.91 Å². The van der Waals surface area contributed by atoms with Crippen molar-refractivity contribution in [3.8, 4) is 0 Å². The van der Waals surface area contributed by atoms with Crippen molar-refractivity contribution in [3.05, 3.63) is 166 Å². The Bertz CT molecular complexity index is 1760. The molecule has 0 aromatic heterocycles. The van der Waals surface area contributed by atoms with E-state index in [9.17, 15) is 0 Å². The van der Waals surface area contributed by atoms with Crippen LogP contribution in [-0.2, 0) is 15.3 Å². The van der Waals surface area contributed by atoms with E-state index < -0.39 is 5.72 Å². The lowest BCUT2D eigenvalue weighted by molar-refractivity contribution is -0.120. The van der Waals surface area contributed by atoms with Gasteiger partial charge in [-0.3, -0.25) is 9.69 Å². The molecule has 3 nitrogen and oxygen atoms in total. The molecule has 0 saturated heterocycles. The number of halogens is 1. The molecule has 2 atom stereocenters. The fourth-order valence-electron chi connectivity index (χ4n) is 5.83. The number of rotatable bonds is 4. The first-order valence-corrected chi connectivity index (χ1v) is 15.3. The molecule has 2 aliphatic heterocycles. The van der Waals surface area contributed by atoms with Crippen LogP contribution in [0.1, 0.15) is 33.9 Å². The first-order valence-electron chi connectivity index (χ1n) is 13.6. The Kier molecular flexibility index (Phi) is 6.77. The molecule has 0 N–H and O–H groups in total. The number of carbonyl (C=O) groups excluding carboxylic acids is 1. The number of fused-ring (bicyclic) bond motifs is 3. The third kappa shape index (κ3) is 4.50. The zero-order chi connectivity index (χ0) is 27.8. The predicted molar refractivity (Wildman–Crippen MR) is 170 cm³/mol. The number of nitrogens with zero attached hydrogens (tertiary/aromatic N) is 1.